The van der Waals surface area contributed by atoms with Crippen LogP contribution in [0.2, 0.25) is 0 Å². The van der Waals surface area contributed by atoms with Crippen molar-refractivity contribution in [2.45, 2.75) is 51.9 Å². The van der Waals surface area contributed by atoms with Gasteiger partial charge in [0.1, 0.15) is 6.10 Å². The minimum atomic E-state index is -2.16. The maximum absolute atomic E-state index is 14.3. The van der Waals surface area contributed by atoms with Crippen LogP contribution in [0.15, 0.2) is 46.1 Å². The topological polar surface area (TPSA) is 117 Å². The van der Waals surface area contributed by atoms with E-state index in [9.17, 15) is 24.9 Å². The van der Waals surface area contributed by atoms with Crippen molar-refractivity contribution in [3.8, 4) is 0 Å². The van der Waals surface area contributed by atoms with E-state index in [1.807, 2.05) is 6.92 Å². The fourth-order valence-electron chi connectivity index (χ4n) is 7.29. The van der Waals surface area contributed by atoms with Crippen LogP contribution in [-0.4, -0.2) is 56.5 Å². The summed E-state index contributed by atoms with van der Waals surface area (Å²) >= 11 is 3.30. The second-order valence-electron chi connectivity index (χ2n) is 11.0. The summed E-state index contributed by atoms with van der Waals surface area (Å²) in [5.41, 5.74) is -2.95. The van der Waals surface area contributed by atoms with Gasteiger partial charge in [0.25, 0.3) is 0 Å². The SMILES string of the molecule is CC1=CC23C(=O)[C@@H](C=C(CO)[C@@H](O)[C@]2(O)[C@H]1OC(=O)c1ncccc1Br)[C@H]1[C@@H](CC3C)C1(C)C. The summed E-state index contributed by atoms with van der Waals surface area (Å²) in [5.74, 6) is -1.47. The number of ether oxygens (including phenoxy) is 1. The lowest BCUT2D eigenvalue weighted by Crippen LogP contribution is -2.65. The maximum Gasteiger partial charge on any atom is 0.358 e. The molecule has 34 heavy (non-hydrogen) atoms. The molecule has 1 aromatic rings. The van der Waals surface area contributed by atoms with E-state index in [0.29, 0.717) is 16.5 Å². The summed E-state index contributed by atoms with van der Waals surface area (Å²) in [6.07, 6.45) is 2.66. The number of aliphatic hydroxyl groups is 3. The summed E-state index contributed by atoms with van der Waals surface area (Å²) in [4.78, 5) is 31.5. The molecule has 0 saturated heterocycles. The fourth-order valence-corrected chi connectivity index (χ4v) is 7.71. The first kappa shape index (κ1) is 23.9. The number of pyridine rings is 1. The lowest BCUT2D eigenvalue weighted by Gasteiger charge is -2.48. The zero-order valence-electron chi connectivity index (χ0n) is 19.7. The highest BCUT2D eigenvalue weighted by atomic mass is 79.9. The van der Waals surface area contributed by atoms with E-state index in [1.54, 1.807) is 31.2 Å². The predicted molar refractivity (Wildman–Crippen MR) is 126 cm³/mol. The number of aromatic nitrogens is 1. The van der Waals surface area contributed by atoms with Crippen molar-refractivity contribution in [1.82, 2.24) is 4.98 Å². The van der Waals surface area contributed by atoms with E-state index in [4.69, 9.17) is 4.74 Å². The summed E-state index contributed by atoms with van der Waals surface area (Å²) < 4.78 is 6.24. The number of fused-ring (bicyclic) bond motifs is 3. The molecule has 0 amide bonds. The Morgan fingerprint density at radius 3 is 2.71 bits per heavy atom. The maximum atomic E-state index is 14.3. The summed E-state index contributed by atoms with van der Waals surface area (Å²) in [6.45, 7) is 7.40. The first-order chi connectivity index (χ1) is 15.9. The summed E-state index contributed by atoms with van der Waals surface area (Å²) in [5, 5.41) is 34.0. The van der Waals surface area contributed by atoms with Crippen molar-refractivity contribution in [1.29, 1.82) is 0 Å². The standard InChI is InChI=1S/C26H30BrNO6/c1-12-10-25-13(2)8-16-18(24(16,3)4)15(21(25)31)9-14(11-29)20(30)26(25,33)22(12)34-23(32)19-17(27)6-5-7-28-19/h5-7,9-10,13,15-16,18,20,22,29-30,33H,8,11H2,1-4H3/t13?,15-,16+,18-,20+,22-,25?,26-/m0/s1. The highest BCUT2D eigenvalue weighted by molar-refractivity contribution is 9.10. The smallest absolute Gasteiger partial charge is 0.358 e. The number of aliphatic hydroxyl groups excluding tert-OH is 2. The Labute approximate surface area is 207 Å². The third-order valence-corrected chi connectivity index (χ3v) is 9.71. The van der Waals surface area contributed by atoms with Crippen LogP contribution in [0.1, 0.15) is 44.6 Å². The van der Waals surface area contributed by atoms with Gasteiger partial charge in [-0.3, -0.25) is 4.79 Å². The van der Waals surface area contributed by atoms with Crippen molar-refractivity contribution < 1.29 is 29.6 Å². The number of hydrogen-bond acceptors (Lipinski definition) is 7. The number of Topliss-reactive ketones (excluding diaryl/α,β-unsaturated/α-hetero) is 1. The zero-order chi connectivity index (χ0) is 24.8. The number of allylic oxidation sites excluding steroid dienone is 1. The van der Waals surface area contributed by atoms with Gasteiger partial charge in [0, 0.05) is 12.1 Å². The molecule has 182 valence electrons. The number of carbonyl (C=O) groups excluding carboxylic acids is 2. The average molecular weight is 532 g/mol. The molecular weight excluding hydrogens is 502 g/mol. The van der Waals surface area contributed by atoms with Crippen LogP contribution < -0.4 is 0 Å². The highest BCUT2D eigenvalue weighted by Gasteiger charge is 2.76. The third kappa shape index (κ3) is 2.83. The Balaban J connectivity index is 1.65. The first-order valence-corrected chi connectivity index (χ1v) is 12.5. The van der Waals surface area contributed by atoms with E-state index in [2.05, 4.69) is 34.8 Å². The second kappa shape index (κ2) is 7.56. The molecule has 2 saturated carbocycles. The van der Waals surface area contributed by atoms with Gasteiger partial charge in [-0.15, -0.1) is 0 Å². The summed E-state index contributed by atoms with van der Waals surface area (Å²) in [6, 6.07) is 3.32. The minimum Gasteiger partial charge on any atom is -0.450 e. The lowest BCUT2D eigenvalue weighted by atomic mass is 9.59. The molecule has 5 rings (SSSR count). The molecule has 8 heteroatoms. The van der Waals surface area contributed by atoms with E-state index >= 15 is 0 Å². The predicted octanol–water partition coefficient (Wildman–Crippen LogP) is 2.84. The van der Waals surface area contributed by atoms with Crippen molar-refractivity contribution in [2.24, 2.45) is 34.5 Å². The van der Waals surface area contributed by atoms with Crippen LogP contribution in [-0.2, 0) is 9.53 Å². The molecule has 3 N–H and O–H groups in total. The Kier molecular flexibility index (Phi) is 5.31. The number of halogens is 1. The van der Waals surface area contributed by atoms with E-state index in [0.717, 1.165) is 0 Å². The molecule has 0 aliphatic heterocycles. The molecule has 0 radical (unpaired) electrons. The molecule has 4 aliphatic carbocycles. The number of ketones is 1. The molecule has 7 nitrogen and oxygen atoms in total. The number of hydrogen-bond donors (Lipinski definition) is 3. The van der Waals surface area contributed by atoms with E-state index in [-0.39, 0.29) is 40.2 Å². The number of carbonyl (C=O) groups is 2. The Bertz CT molecular complexity index is 1140. The summed E-state index contributed by atoms with van der Waals surface area (Å²) in [7, 11) is 0. The van der Waals surface area contributed by atoms with Crippen LogP contribution in [0.5, 0.6) is 0 Å². The first-order valence-electron chi connectivity index (χ1n) is 11.7. The van der Waals surface area contributed by atoms with Crippen molar-refractivity contribution >= 4 is 27.7 Å². The normalized spacial score (nSPS) is 41.9. The average Bonchev–Trinajstić information content (AvgIpc) is 3.28. The van der Waals surface area contributed by atoms with E-state index in [1.165, 1.54) is 6.20 Å². The molecule has 1 heterocycles. The number of rotatable bonds is 3. The largest absolute Gasteiger partial charge is 0.450 e. The van der Waals surface area contributed by atoms with Gasteiger partial charge in [-0.25, -0.2) is 9.78 Å². The van der Waals surface area contributed by atoms with Crippen molar-refractivity contribution in [3.63, 3.8) is 0 Å². The van der Waals surface area contributed by atoms with Gasteiger partial charge in [-0.1, -0.05) is 32.9 Å². The van der Waals surface area contributed by atoms with Crippen molar-refractivity contribution in [3.05, 3.63) is 51.8 Å². The van der Waals surface area contributed by atoms with Gasteiger partial charge in [0.15, 0.2) is 23.2 Å². The minimum absolute atomic E-state index is 0.0296. The molecule has 2 unspecified atom stereocenters. The lowest BCUT2D eigenvalue weighted by molar-refractivity contribution is -0.190. The molecule has 4 aliphatic rings. The molecule has 1 aromatic heterocycles. The number of esters is 1. The van der Waals surface area contributed by atoms with Crippen LogP contribution >= 0.6 is 15.9 Å². The van der Waals surface area contributed by atoms with Crippen molar-refractivity contribution in [2.75, 3.05) is 6.61 Å². The van der Waals surface area contributed by atoms with E-state index < -0.39 is 41.7 Å². The van der Waals surface area contributed by atoms with Crippen LogP contribution in [0.4, 0.5) is 0 Å². The second-order valence-corrected chi connectivity index (χ2v) is 11.8. The van der Waals surface area contributed by atoms with Crippen LogP contribution in [0, 0.1) is 34.5 Å². The molecule has 8 atom stereocenters. The van der Waals surface area contributed by atoms with Gasteiger partial charge >= 0.3 is 5.97 Å². The third-order valence-electron chi connectivity index (χ3n) is 9.07. The van der Waals surface area contributed by atoms with Gasteiger partial charge < -0.3 is 20.1 Å². The molecule has 1 spiro atoms. The Hall–Kier alpha value is -1.87. The van der Waals surface area contributed by atoms with Crippen LogP contribution in [0.25, 0.3) is 0 Å². The van der Waals surface area contributed by atoms with Gasteiger partial charge in [0.2, 0.25) is 0 Å². The molecule has 2 bridgehead atoms. The quantitative estimate of drug-likeness (QED) is 0.405. The molecular formula is C26H30BrNO6. The van der Waals surface area contributed by atoms with Gasteiger partial charge in [-0.05, 0) is 75.7 Å². The molecule has 2 fully saturated rings. The van der Waals surface area contributed by atoms with Gasteiger partial charge in [-0.2, -0.15) is 0 Å². The molecule has 0 aromatic carbocycles. The Morgan fingerprint density at radius 2 is 2.06 bits per heavy atom. The van der Waals surface area contributed by atoms with Gasteiger partial charge in [0.05, 0.1) is 16.5 Å². The number of nitrogens with zero attached hydrogens (tertiary/aromatic N) is 1. The Morgan fingerprint density at radius 1 is 1.35 bits per heavy atom. The monoisotopic (exact) mass is 531 g/mol. The van der Waals surface area contributed by atoms with Crippen LogP contribution in [0.3, 0.4) is 0 Å². The zero-order valence-corrected chi connectivity index (χ0v) is 21.2. The highest BCUT2D eigenvalue weighted by Crippen LogP contribution is 2.71. The fraction of sp³-hybridized carbons (Fsp3) is 0.577.